The molecule has 10 nitrogen and oxygen atoms in total. The van der Waals surface area contributed by atoms with Crippen molar-refractivity contribution in [1.29, 1.82) is 0 Å². The summed E-state index contributed by atoms with van der Waals surface area (Å²) < 4.78 is 7.56. The predicted molar refractivity (Wildman–Crippen MR) is 201 cm³/mol. The number of likely N-dealkylation sites (N-methyl/N-ethyl adjacent to an activating group) is 1. The van der Waals surface area contributed by atoms with Gasteiger partial charge in [0.1, 0.15) is 11.6 Å². The summed E-state index contributed by atoms with van der Waals surface area (Å²) in [6.07, 6.45) is 6.90. The van der Waals surface area contributed by atoms with Crippen LogP contribution in [0.15, 0.2) is 116 Å². The lowest BCUT2D eigenvalue weighted by Gasteiger charge is -2.12. The molecule has 0 unspecified atom stereocenters. The van der Waals surface area contributed by atoms with Gasteiger partial charge < -0.3 is 29.8 Å². The lowest BCUT2D eigenvalue weighted by molar-refractivity contribution is -0.111. The molecular formula is C39H35ClN8O2. The molecule has 0 saturated heterocycles. The molecule has 0 aliphatic rings. The van der Waals surface area contributed by atoms with Crippen LogP contribution >= 0.6 is 11.6 Å². The molecule has 3 N–H and O–H groups in total. The Balaban J connectivity index is 1.20. The highest BCUT2D eigenvalue weighted by Gasteiger charge is 2.16. The summed E-state index contributed by atoms with van der Waals surface area (Å²) in [7, 11) is 5.57. The molecule has 4 aromatic carbocycles. The molecule has 0 aliphatic heterocycles. The number of anilines is 3. The van der Waals surface area contributed by atoms with Crippen molar-refractivity contribution in [3.63, 3.8) is 0 Å². The van der Waals surface area contributed by atoms with Gasteiger partial charge in [0.25, 0.3) is 0 Å². The quantitative estimate of drug-likeness (QED) is 0.118. The molecule has 50 heavy (non-hydrogen) atoms. The van der Waals surface area contributed by atoms with Crippen molar-refractivity contribution < 1.29 is 9.53 Å². The van der Waals surface area contributed by atoms with Gasteiger partial charge in [-0.2, -0.15) is 0 Å². The first-order chi connectivity index (χ1) is 24.3. The van der Waals surface area contributed by atoms with E-state index in [9.17, 15) is 4.79 Å². The van der Waals surface area contributed by atoms with Crippen molar-refractivity contribution >= 4 is 56.8 Å². The van der Waals surface area contributed by atoms with Crippen LogP contribution < -0.4 is 15.4 Å². The minimum Gasteiger partial charge on any atom is -0.497 e. The third-order valence-electron chi connectivity index (χ3n) is 8.24. The number of ether oxygens (including phenoxy) is 1. The molecule has 7 rings (SSSR count). The van der Waals surface area contributed by atoms with Crippen molar-refractivity contribution in [3.05, 3.63) is 126 Å². The molecule has 0 saturated carbocycles. The molecule has 0 atom stereocenters. The Morgan fingerprint density at radius 1 is 0.980 bits per heavy atom. The van der Waals surface area contributed by atoms with Crippen LogP contribution in [-0.2, 0) is 11.3 Å². The standard InChI is InChI=1S/C39H35ClN8O2/c1-47(2)20-6-9-36(49)43-27-14-12-26(13-15-27)38-45-34-21-28(16-19-35(34)48(38)24-25-10-17-29(50-3)18-11-25)44-39-42-23-32(40)37(46-39)31-22-41-33-8-5-4-7-30(31)33/h4-19,21-23,41H,20,24H2,1-3H3,(H,43,49)(H,42,44,46)/b9-6+. The molecule has 1 amide bonds. The number of amides is 1. The molecule has 3 aromatic heterocycles. The van der Waals surface area contributed by atoms with Gasteiger partial charge in [0.2, 0.25) is 11.9 Å². The lowest BCUT2D eigenvalue weighted by Crippen LogP contribution is -2.12. The summed E-state index contributed by atoms with van der Waals surface area (Å²) in [6, 6.07) is 29.8. The fourth-order valence-electron chi connectivity index (χ4n) is 5.77. The molecule has 0 fully saturated rings. The molecule has 0 spiro atoms. The number of halogens is 1. The average Bonchev–Trinajstić information content (AvgIpc) is 3.71. The van der Waals surface area contributed by atoms with E-state index in [0.29, 0.717) is 35.4 Å². The second-order valence-electron chi connectivity index (χ2n) is 12.1. The SMILES string of the molecule is COc1ccc(Cn2c(-c3ccc(NC(=O)/C=C/CN(C)C)cc3)nc3cc(Nc4ncc(Cl)c(-c5c[nH]c6ccccc56)n4)ccc32)cc1. The summed E-state index contributed by atoms with van der Waals surface area (Å²) >= 11 is 6.58. The number of benzene rings is 4. The predicted octanol–water partition coefficient (Wildman–Crippen LogP) is 8.15. The fourth-order valence-corrected chi connectivity index (χ4v) is 5.96. The molecular weight excluding hydrogens is 648 g/mol. The van der Waals surface area contributed by atoms with Gasteiger partial charge in [0.15, 0.2) is 0 Å². The topological polar surface area (TPSA) is 113 Å². The van der Waals surface area contributed by atoms with E-state index < -0.39 is 0 Å². The minimum atomic E-state index is -0.176. The molecule has 3 heterocycles. The largest absolute Gasteiger partial charge is 0.497 e. The number of aromatic amines is 1. The van der Waals surface area contributed by atoms with Crippen LogP contribution in [0.4, 0.5) is 17.3 Å². The van der Waals surface area contributed by atoms with Crippen LogP contribution in [0, 0.1) is 0 Å². The second-order valence-corrected chi connectivity index (χ2v) is 12.5. The highest BCUT2D eigenvalue weighted by molar-refractivity contribution is 6.33. The van der Waals surface area contributed by atoms with Gasteiger partial charge in [0, 0.05) is 58.8 Å². The number of methoxy groups -OCH3 is 1. The van der Waals surface area contributed by atoms with Crippen LogP contribution in [0.1, 0.15) is 5.56 Å². The number of fused-ring (bicyclic) bond motifs is 2. The maximum Gasteiger partial charge on any atom is 0.248 e. The van der Waals surface area contributed by atoms with E-state index in [-0.39, 0.29) is 5.91 Å². The average molecular weight is 683 g/mol. The fraction of sp³-hybridized carbons (Fsp3) is 0.128. The Labute approximate surface area is 294 Å². The number of hydrogen-bond donors (Lipinski definition) is 3. The summed E-state index contributed by atoms with van der Waals surface area (Å²) in [5.74, 6) is 1.83. The van der Waals surface area contributed by atoms with E-state index in [1.165, 1.54) is 0 Å². The Morgan fingerprint density at radius 3 is 2.54 bits per heavy atom. The molecule has 0 bridgehead atoms. The zero-order valence-electron chi connectivity index (χ0n) is 27.8. The number of nitrogens with zero attached hydrogens (tertiary/aromatic N) is 5. The van der Waals surface area contributed by atoms with Gasteiger partial charge in [-0.3, -0.25) is 4.79 Å². The lowest BCUT2D eigenvalue weighted by atomic mass is 10.1. The van der Waals surface area contributed by atoms with Crippen molar-refractivity contribution in [2.24, 2.45) is 0 Å². The smallest absolute Gasteiger partial charge is 0.248 e. The van der Waals surface area contributed by atoms with Crippen molar-refractivity contribution in [1.82, 2.24) is 29.4 Å². The van der Waals surface area contributed by atoms with Crippen molar-refractivity contribution in [2.75, 3.05) is 38.4 Å². The van der Waals surface area contributed by atoms with E-state index in [4.69, 9.17) is 26.3 Å². The molecule has 250 valence electrons. The first-order valence-corrected chi connectivity index (χ1v) is 16.4. The summed E-state index contributed by atoms with van der Waals surface area (Å²) in [6.45, 7) is 1.28. The van der Waals surface area contributed by atoms with Gasteiger partial charge in [-0.05, 0) is 80.3 Å². The number of para-hydroxylation sites is 1. The first kappa shape index (κ1) is 32.6. The van der Waals surface area contributed by atoms with Crippen molar-refractivity contribution in [2.45, 2.75) is 6.54 Å². The van der Waals surface area contributed by atoms with E-state index in [0.717, 1.165) is 55.9 Å². The van der Waals surface area contributed by atoms with Crippen LogP contribution in [0.25, 0.3) is 44.6 Å². The number of nitrogens with one attached hydrogen (secondary N) is 3. The highest BCUT2D eigenvalue weighted by Crippen LogP contribution is 2.34. The van der Waals surface area contributed by atoms with Gasteiger partial charge in [0.05, 0.1) is 35.1 Å². The summed E-state index contributed by atoms with van der Waals surface area (Å²) in [5, 5.41) is 7.77. The number of imidazole rings is 1. The number of aromatic nitrogens is 5. The van der Waals surface area contributed by atoms with Crippen molar-refractivity contribution in [3.8, 4) is 28.4 Å². The van der Waals surface area contributed by atoms with Gasteiger partial charge >= 0.3 is 0 Å². The minimum absolute atomic E-state index is 0.176. The maximum absolute atomic E-state index is 12.4. The van der Waals surface area contributed by atoms with Gasteiger partial charge in [-0.25, -0.2) is 15.0 Å². The number of carbonyl (C=O) groups is 1. The Morgan fingerprint density at radius 2 is 1.76 bits per heavy atom. The molecule has 0 radical (unpaired) electrons. The summed E-state index contributed by atoms with van der Waals surface area (Å²) in [4.78, 5) is 32.0. The number of H-pyrrole nitrogens is 1. The Bertz CT molecular complexity index is 2330. The second kappa shape index (κ2) is 14.3. The van der Waals surface area contributed by atoms with E-state index in [2.05, 4.69) is 37.3 Å². The third-order valence-corrected chi connectivity index (χ3v) is 8.52. The normalized spacial score (nSPS) is 11.5. The monoisotopic (exact) mass is 682 g/mol. The highest BCUT2D eigenvalue weighted by atomic mass is 35.5. The van der Waals surface area contributed by atoms with Crippen LogP contribution in [-0.4, -0.2) is 63.1 Å². The molecule has 7 aromatic rings. The van der Waals surface area contributed by atoms with E-state index >= 15 is 0 Å². The summed E-state index contributed by atoms with van der Waals surface area (Å²) in [5.41, 5.74) is 7.80. The number of carbonyl (C=O) groups excluding carboxylic acids is 1. The number of hydrogen-bond acceptors (Lipinski definition) is 7. The third kappa shape index (κ3) is 7.07. The maximum atomic E-state index is 12.4. The van der Waals surface area contributed by atoms with Crippen LogP contribution in [0.3, 0.4) is 0 Å². The Kier molecular flexibility index (Phi) is 9.28. The first-order valence-electron chi connectivity index (χ1n) is 16.1. The van der Waals surface area contributed by atoms with Crippen LogP contribution in [0.5, 0.6) is 5.75 Å². The molecule has 0 aliphatic carbocycles. The molecule has 11 heteroatoms. The number of rotatable bonds is 11. The van der Waals surface area contributed by atoms with E-state index in [1.807, 2.05) is 110 Å². The van der Waals surface area contributed by atoms with Gasteiger partial charge in [-0.15, -0.1) is 0 Å². The van der Waals surface area contributed by atoms with Crippen LogP contribution in [0.2, 0.25) is 5.02 Å². The zero-order valence-corrected chi connectivity index (χ0v) is 28.6. The zero-order chi connectivity index (χ0) is 34.6. The van der Waals surface area contributed by atoms with Gasteiger partial charge in [-0.1, -0.05) is 48.0 Å². The Hall–Kier alpha value is -5.97. The van der Waals surface area contributed by atoms with E-state index in [1.54, 1.807) is 19.4 Å².